The fourth-order valence-electron chi connectivity index (χ4n) is 0.997. The first-order chi connectivity index (χ1) is 7.29. The van der Waals surface area contributed by atoms with Gasteiger partial charge in [0.1, 0.15) is 0 Å². The monoisotopic (exact) mass is 210 g/mol. The molecular formula is C13H26N2. The number of likely N-dealkylation sites (N-methyl/N-ethyl adjacent to an activating group) is 1. The fourth-order valence-corrected chi connectivity index (χ4v) is 0.997. The lowest BCUT2D eigenvalue weighted by molar-refractivity contribution is 0.413. The average Bonchev–Trinajstić information content (AvgIpc) is 2.33. The van der Waals surface area contributed by atoms with E-state index in [1.54, 1.807) is 0 Å². The Morgan fingerprint density at radius 3 is 1.87 bits per heavy atom. The summed E-state index contributed by atoms with van der Waals surface area (Å²) in [5, 5.41) is 0. The van der Waals surface area contributed by atoms with Gasteiger partial charge in [0.05, 0.1) is 0 Å². The SMILES string of the molecule is CC.CN.CN(C)CCc1ccccc1. The number of hydrogen-bond donors (Lipinski definition) is 1. The van der Waals surface area contributed by atoms with Crippen LogP contribution in [0.15, 0.2) is 30.3 Å². The van der Waals surface area contributed by atoms with E-state index in [9.17, 15) is 0 Å². The van der Waals surface area contributed by atoms with Crippen LogP contribution < -0.4 is 5.73 Å². The maximum atomic E-state index is 4.50. The van der Waals surface area contributed by atoms with Gasteiger partial charge in [0.15, 0.2) is 0 Å². The summed E-state index contributed by atoms with van der Waals surface area (Å²) in [4.78, 5) is 2.20. The molecule has 15 heavy (non-hydrogen) atoms. The zero-order chi connectivity index (χ0) is 12.1. The molecule has 2 nitrogen and oxygen atoms in total. The molecule has 0 spiro atoms. The van der Waals surface area contributed by atoms with Crippen LogP contribution in [-0.2, 0) is 6.42 Å². The van der Waals surface area contributed by atoms with Gasteiger partial charge in [-0.1, -0.05) is 44.2 Å². The van der Waals surface area contributed by atoms with Crippen molar-refractivity contribution >= 4 is 0 Å². The number of nitrogens with two attached hydrogens (primary N) is 1. The predicted molar refractivity (Wildman–Crippen MR) is 70.2 cm³/mol. The van der Waals surface area contributed by atoms with Crippen molar-refractivity contribution in [2.45, 2.75) is 20.3 Å². The van der Waals surface area contributed by atoms with Gasteiger partial charge in [-0.2, -0.15) is 0 Å². The van der Waals surface area contributed by atoms with Crippen molar-refractivity contribution in [2.24, 2.45) is 5.73 Å². The van der Waals surface area contributed by atoms with Gasteiger partial charge in [-0.3, -0.25) is 0 Å². The van der Waals surface area contributed by atoms with E-state index >= 15 is 0 Å². The van der Waals surface area contributed by atoms with E-state index in [2.05, 4.69) is 55.1 Å². The standard InChI is InChI=1S/C10H15N.C2H6.CH5N/c1-11(2)9-8-10-6-4-3-5-7-10;2*1-2/h3-7H,8-9H2,1-2H3;1-2H3;2H2,1H3. The predicted octanol–water partition coefficient (Wildman–Crippen LogP) is 2.39. The smallest absolute Gasteiger partial charge is 0.00157 e. The van der Waals surface area contributed by atoms with Crippen molar-refractivity contribution in [2.75, 3.05) is 27.7 Å². The van der Waals surface area contributed by atoms with E-state index in [0.29, 0.717) is 0 Å². The Hall–Kier alpha value is -0.860. The lowest BCUT2D eigenvalue weighted by Crippen LogP contribution is -2.14. The molecule has 1 aromatic rings. The van der Waals surface area contributed by atoms with Gasteiger partial charge in [-0.05, 0) is 33.1 Å². The highest BCUT2D eigenvalue weighted by Crippen LogP contribution is 1.99. The van der Waals surface area contributed by atoms with Gasteiger partial charge < -0.3 is 10.6 Å². The summed E-state index contributed by atoms with van der Waals surface area (Å²) in [6, 6.07) is 10.6. The van der Waals surface area contributed by atoms with Crippen LogP contribution in [0.2, 0.25) is 0 Å². The molecule has 1 rings (SSSR count). The Morgan fingerprint density at radius 1 is 1.00 bits per heavy atom. The molecule has 0 heterocycles. The summed E-state index contributed by atoms with van der Waals surface area (Å²) < 4.78 is 0. The topological polar surface area (TPSA) is 29.3 Å². The van der Waals surface area contributed by atoms with Crippen molar-refractivity contribution < 1.29 is 0 Å². The molecule has 2 heteroatoms. The lowest BCUT2D eigenvalue weighted by atomic mass is 10.1. The minimum Gasteiger partial charge on any atom is -0.333 e. The van der Waals surface area contributed by atoms with Crippen LogP contribution in [0.5, 0.6) is 0 Å². The zero-order valence-corrected chi connectivity index (χ0v) is 10.8. The van der Waals surface area contributed by atoms with E-state index in [1.165, 1.54) is 12.6 Å². The number of rotatable bonds is 3. The van der Waals surface area contributed by atoms with Crippen molar-refractivity contribution in [3.63, 3.8) is 0 Å². The highest BCUT2D eigenvalue weighted by Gasteiger charge is 1.91. The Balaban J connectivity index is 0. The van der Waals surface area contributed by atoms with Crippen molar-refractivity contribution in [1.82, 2.24) is 4.90 Å². The quantitative estimate of drug-likeness (QED) is 0.830. The summed E-state index contributed by atoms with van der Waals surface area (Å²) in [5.74, 6) is 0. The van der Waals surface area contributed by atoms with Crippen LogP contribution >= 0.6 is 0 Å². The molecule has 0 amide bonds. The normalized spacial score (nSPS) is 8.47. The molecular weight excluding hydrogens is 184 g/mol. The van der Waals surface area contributed by atoms with Crippen LogP contribution in [0.25, 0.3) is 0 Å². The number of hydrogen-bond acceptors (Lipinski definition) is 2. The summed E-state index contributed by atoms with van der Waals surface area (Å²) in [6.45, 7) is 5.13. The van der Waals surface area contributed by atoms with Crippen molar-refractivity contribution in [3.05, 3.63) is 35.9 Å². The van der Waals surface area contributed by atoms with Gasteiger partial charge in [-0.15, -0.1) is 0 Å². The van der Waals surface area contributed by atoms with E-state index in [1.807, 2.05) is 13.8 Å². The number of nitrogens with zero attached hydrogens (tertiary/aromatic N) is 1. The summed E-state index contributed by atoms with van der Waals surface area (Å²) >= 11 is 0. The Bertz CT molecular complexity index is 195. The third kappa shape index (κ3) is 11.1. The minimum absolute atomic E-state index is 1.13. The zero-order valence-electron chi connectivity index (χ0n) is 10.8. The molecule has 0 atom stereocenters. The molecule has 0 saturated heterocycles. The Kier molecular flexibility index (Phi) is 14.5. The second-order valence-corrected chi connectivity index (χ2v) is 3.04. The molecule has 0 aliphatic rings. The minimum atomic E-state index is 1.13. The molecule has 2 N–H and O–H groups in total. The van der Waals surface area contributed by atoms with Crippen LogP contribution in [-0.4, -0.2) is 32.6 Å². The van der Waals surface area contributed by atoms with Crippen molar-refractivity contribution in [3.8, 4) is 0 Å². The van der Waals surface area contributed by atoms with E-state index in [4.69, 9.17) is 0 Å². The van der Waals surface area contributed by atoms with Crippen LogP contribution in [0.1, 0.15) is 19.4 Å². The lowest BCUT2D eigenvalue weighted by Gasteiger charge is -2.08. The molecule has 0 bridgehead atoms. The third-order valence-electron chi connectivity index (χ3n) is 1.69. The highest BCUT2D eigenvalue weighted by atomic mass is 15.0. The van der Waals surface area contributed by atoms with E-state index < -0.39 is 0 Å². The molecule has 0 radical (unpaired) electrons. The summed E-state index contributed by atoms with van der Waals surface area (Å²) in [6.07, 6.45) is 1.15. The first kappa shape index (κ1) is 16.6. The molecule has 0 aliphatic carbocycles. The van der Waals surface area contributed by atoms with Gasteiger partial charge >= 0.3 is 0 Å². The van der Waals surface area contributed by atoms with Crippen LogP contribution in [0.4, 0.5) is 0 Å². The third-order valence-corrected chi connectivity index (χ3v) is 1.69. The van der Waals surface area contributed by atoms with Crippen molar-refractivity contribution in [1.29, 1.82) is 0 Å². The molecule has 0 aliphatic heterocycles. The molecule has 0 aromatic heterocycles. The molecule has 1 aromatic carbocycles. The molecule has 0 saturated carbocycles. The first-order valence-electron chi connectivity index (χ1n) is 5.55. The number of benzene rings is 1. The second-order valence-electron chi connectivity index (χ2n) is 3.04. The van der Waals surface area contributed by atoms with Gasteiger partial charge in [0, 0.05) is 6.54 Å². The van der Waals surface area contributed by atoms with Crippen LogP contribution in [0.3, 0.4) is 0 Å². The van der Waals surface area contributed by atoms with Gasteiger partial charge in [0.2, 0.25) is 0 Å². The maximum Gasteiger partial charge on any atom is 0.00157 e. The van der Waals surface area contributed by atoms with Crippen LogP contribution in [0, 0.1) is 0 Å². The first-order valence-corrected chi connectivity index (χ1v) is 5.55. The second kappa shape index (κ2) is 13.1. The maximum absolute atomic E-state index is 4.50. The average molecular weight is 210 g/mol. The Labute approximate surface area is 95.1 Å². The molecule has 88 valence electrons. The van der Waals surface area contributed by atoms with Gasteiger partial charge in [0.25, 0.3) is 0 Å². The van der Waals surface area contributed by atoms with E-state index in [-0.39, 0.29) is 0 Å². The highest BCUT2D eigenvalue weighted by molar-refractivity contribution is 5.14. The molecule has 0 fully saturated rings. The van der Waals surface area contributed by atoms with E-state index in [0.717, 1.165) is 13.0 Å². The van der Waals surface area contributed by atoms with Gasteiger partial charge in [-0.25, -0.2) is 0 Å². The summed E-state index contributed by atoms with van der Waals surface area (Å²) in [7, 11) is 5.70. The molecule has 0 unspecified atom stereocenters. The largest absolute Gasteiger partial charge is 0.333 e. The summed E-state index contributed by atoms with van der Waals surface area (Å²) in [5.41, 5.74) is 5.92. The fraction of sp³-hybridized carbons (Fsp3) is 0.538. The Morgan fingerprint density at radius 2 is 1.47 bits per heavy atom.